The van der Waals surface area contributed by atoms with E-state index in [1.165, 1.54) is 11.3 Å². The quantitative estimate of drug-likeness (QED) is 0.877. The Labute approximate surface area is 148 Å². The number of thiazole rings is 1. The summed E-state index contributed by atoms with van der Waals surface area (Å²) in [5, 5.41) is 11.4. The summed E-state index contributed by atoms with van der Waals surface area (Å²) in [5.41, 5.74) is 1.22. The first-order valence-corrected chi connectivity index (χ1v) is 8.67. The molecule has 0 aliphatic carbocycles. The molecule has 0 spiro atoms. The third kappa shape index (κ3) is 3.97. The molecule has 2 aromatic rings. The Bertz CT molecular complexity index is 759. The van der Waals surface area contributed by atoms with Crippen LogP contribution in [-0.4, -0.2) is 59.8 Å². The monoisotopic (exact) mass is 362 g/mol. The van der Waals surface area contributed by atoms with Crippen LogP contribution in [0.15, 0.2) is 29.6 Å². The summed E-state index contributed by atoms with van der Waals surface area (Å²) in [5.74, 6) is -0.461. The van der Waals surface area contributed by atoms with Crippen molar-refractivity contribution < 1.29 is 24.2 Å². The van der Waals surface area contributed by atoms with Gasteiger partial charge in [0.2, 0.25) is 0 Å². The molecule has 1 atom stereocenters. The van der Waals surface area contributed by atoms with Crippen molar-refractivity contribution in [2.24, 2.45) is 0 Å². The van der Waals surface area contributed by atoms with Gasteiger partial charge in [0.15, 0.2) is 0 Å². The highest BCUT2D eigenvalue weighted by atomic mass is 32.1. The minimum atomic E-state index is -0.953. The SMILES string of the molecule is COc1ccc(-c2nc(C(=O)N3CCOCC3CC(=O)O)cs2)cc1. The predicted molar refractivity (Wildman–Crippen MR) is 92.0 cm³/mol. The molecule has 1 amide bonds. The Morgan fingerprint density at radius 1 is 1.40 bits per heavy atom. The summed E-state index contributed by atoms with van der Waals surface area (Å²) >= 11 is 1.38. The van der Waals surface area contributed by atoms with E-state index in [0.717, 1.165) is 16.3 Å². The fraction of sp³-hybridized carbons (Fsp3) is 0.353. The molecule has 3 rings (SSSR count). The third-order valence-corrected chi connectivity index (χ3v) is 4.85. The van der Waals surface area contributed by atoms with Gasteiger partial charge in [0.1, 0.15) is 16.5 Å². The van der Waals surface area contributed by atoms with E-state index in [1.807, 2.05) is 24.3 Å². The van der Waals surface area contributed by atoms with Crippen molar-refractivity contribution in [1.29, 1.82) is 0 Å². The van der Waals surface area contributed by atoms with E-state index in [9.17, 15) is 9.59 Å². The molecule has 0 radical (unpaired) electrons. The molecule has 0 saturated carbocycles. The van der Waals surface area contributed by atoms with Crippen LogP contribution in [-0.2, 0) is 9.53 Å². The number of ether oxygens (including phenoxy) is 2. The second-order valence-electron chi connectivity index (χ2n) is 5.59. The fourth-order valence-electron chi connectivity index (χ4n) is 2.68. The topological polar surface area (TPSA) is 89.0 Å². The second kappa shape index (κ2) is 7.62. The standard InChI is InChI=1S/C17H18N2O5S/c1-23-13-4-2-11(3-5-13)16-18-14(10-25-16)17(22)19-6-7-24-9-12(19)8-15(20)21/h2-5,10,12H,6-9H2,1H3,(H,20,21). The van der Waals surface area contributed by atoms with Gasteiger partial charge in [-0.05, 0) is 24.3 Å². The maximum Gasteiger partial charge on any atom is 0.305 e. The summed E-state index contributed by atoms with van der Waals surface area (Å²) < 4.78 is 10.4. The summed E-state index contributed by atoms with van der Waals surface area (Å²) in [7, 11) is 1.60. The van der Waals surface area contributed by atoms with Crippen LogP contribution >= 0.6 is 11.3 Å². The highest BCUT2D eigenvalue weighted by Crippen LogP contribution is 2.26. The van der Waals surface area contributed by atoms with Crippen molar-refractivity contribution in [3.63, 3.8) is 0 Å². The van der Waals surface area contributed by atoms with Gasteiger partial charge in [-0.1, -0.05) is 0 Å². The van der Waals surface area contributed by atoms with Crippen LogP contribution in [0.5, 0.6) is 5.75 Å². The highest BCUT2D eigenvalue weighted by molar-refractivity contribution is 7.13. The molecule has 7 nitrogen and oxygen atoms in total. The number of hydrogen-bond acceptors (Lipinski definition) is 6. The van der Waals surface area contributed by atoms with Gasteiger partial charge in [-0.15, -0.1) is 11.3 Å². The van der Waals surface area contributed by atoms with Gasteiger partial charge in [0.05, 0.1) is 32.8 Å². The fourth-order valence-corrected chi connectivity index (χ4v) is 3.48. The molecule has 0 bridgehead atoms. The molecular formula is C17H18N2O5S. The number of carboxylic acid groups (broad SMARTS) is 1. The first kappa shape index (κ1) is 17.4. The maximum absolute atomic E-state index is 12.7. The number of hydrogen-bond donors (Lipinski definition) is 1. The first-order valence-electron chi connectivity index (χ1n) is 7.79. The van der Waals surface area contributed by atoms with E-state index in [1.54, 1.807) is 17.4 Å². The van der Waals surface area contributed by atoms with Gasteiger partial charge in [-0.3, -0.25) is 9.59 Å². The third-order valence-electron chi connectivity index (χ3n) is 3.96. The lowest BCUT2D eigenvalue weighted by atomic mass is 10.1. The zero-order chi connectivity index (χ0) is 17.8. The summed E-state index contributed by atoms with van der Waals surface area (Å²) in [6.45, 7) is 0.997. The van der Waals surface area contributed by atoms with Gasteiger partial charge in [-0.25, -0.2) is 4.98 Å². The van der Waals surface area contributed by atoms with Crippen LogP contribution in [0.1, 0.15) is 16.9 Å². The van der Waals surface area contributed by atoms with Gasteiger partial charge >= 0.3 is 5.97 Å². The number of carbonyl (C=O) groups excluding carboxylic acids is 1. The van der Waals surface area contributed by atoms with Crippen LogP contribution in [0.4, 0.5) is 0 Å². The van der Waals surface area contributed by atoms with Crippen molar-refractivity contribution in [2.45, 2.75) is 12.5 Å². The molecule has 1 N–H and O–H groups in total. The zero-order valence-electron chi connectivity index (χ0n) is 13.7. The van der Waals surface area contributed by atoms with Crippen molar-refractivity contribution in [2.75, 3.05) is 26.9 Å². The lowest BCUT2D eigenvalue weighted by Crippen LogP contribution is -2.49. The van der Waals surface area contributed by atoms with E-state index < -0.39 is 12.0 Å². The normalized spacial score (nSPS) is 17.3. The Kier molecular flexibility index (Phi) is 5.30. The molecule has 1 aliphatic heterocycles. The molecule has 1 aromatic heterocycles. The summed E-state index contributed by atoms with van der Waals surface area (Å²) in [6.07, 6.45) is -0.138. The first-order chi connectivity index (χ1) is 12.1. The molecule has 1 unspecified atom stereocenters. The predicted octanol–water partition coefficient (Wildman–Crippen LogP) is 2.13. The molecule has 1 aliphatic rings. The number of carboxylic acids is 1. The molecular weight excluding hydrogens is 344 g/mol. The number of methoxy groups -OCH3 is 1. The van der Waals surface area contributed by atoms with E-state index in [0.29, 0.717) is 18.8 Å². The molecule has 8 heteroatoms. The minimum Gasteiger partial charge on any atom is -0.497 e. The zero-order valence-corrected chi connectivity index (χ0v) is 14.5. The number of carbonyl (C=O) groups is 2. The Hall–Kier alpha value is -2.45. The van der Waals surface area contributed by atoms with Crippen LogP contribution in [0, 0.1) is 0 Å². The van der Waals surface area contributed by atoms with E-state index in [4.69, 9.17) is 14.6 Å². The number of amides is 1. The lowest BCUT2D eigenvalue weighted by molar-refractivity contribution is -0.139. The Morgan fingerprint density at radius 2 is 2.16 bits per heavy atom. The Balaban J connectivity index is 1.77. The van der Waals surface area contributed by atoms with Gasteiger partial charge in [0, 0.05) is 17.5 Å². The molecule has 1 fully saturated rings. The molecule has 1 aromatic carbocycles. The molecule has 132 valence electrons. The van der Waals surface area contributed by atoms with Crippen LogP contribution in [0.3, 0.4) is 0 Å². The van der Waals surface area contributed by atoms with Gasteiger partial charge < -0.3 is 19.5 Å². The average Bonchev–Trinajstić information content (AvgIpc) is 3.11. The summed E-state index contributed by atoms with van der Waals surface area (Å²) in [4.78, 5) is 29.7. The van der Waals surface area contributed by atoms with Crippen molar-refractivity contribution >= 4 is 23.2 Å². The van der Waals surface area contributed by atoms with E-state index in [-0.39, 0.29) is 18.9 Å². The number of aliphatic carboxylic acids is 1. The van der Waals surface area contributed by atoms with Crippen molar-refractivity contribution in [1.82, 2.24) is 9.88 Å². The largest absolute Gasteiger partial charge is 0.497 e. The number of rotatable bonds is 5. The van der Waals surface area contributed by atoms with E-state index in [2.05, 4.69) is 4.98 Å². The minimum absolute atomic E-state index is 0.138. The number of nitrogens with zero attached hydrogens (tertiary/aromatic N) is 2. The van der Waals surface area contributed by atoms with E-state index >= 15 is 0 Å². The number of benzene rings is 1. The molecule has 2 heterocycles. The highest BCUT2D eigenvalue weighted by Gasteiger charge is 2.31. The van der Waals surface area contributed by atoms with Gasteiger partial charge in [0.25, 0.3) is 5.91 Å². The van der Waals surface area contributed by atoms with Crippen LogP contribution in [0.25, 0.3) is 10.6 Å². The van der Waals surface area contributed by atoms with Crippen LogP contribution in [0.2, 0.25) is 0 Å². The number of aromatic nitrogens is 1. The maximum atomic E-state index is 12.7. The smallest absolute Gasteiger partial charge is 0.305 e. The molecule has 1 saturated heterocycles. The van der Waals surface area contributed by atoms with Gasteiger partial charge in [-0.2, -0.15) is 0 Å². The average molecular weight is 362 g/mol. The lowest BCUT2D eigenvalue weighted by Gasteiger charge is -2.34. The molecule has 25 heavy (non-hydrogen) atoms. The number of morpholine rings is 1. The Morgan fingerprint density at radius 3 is 2.84 bits per heavy atom. The van der Waals surface area contributed by atoms with Crippen LogP contribution < -0.4 is 4.74 Å². The summed E-state index contributed by atoms with van der Waals surface area (Å²) in [6, 6.07) is 6.97. The van der Waals surface area contributed by atoms with Crippen molar-refractivity contribution in [3.8, 4) is 16.3 Å². The second-order valence-corrected chi connectivity index (χ2v) is 6.45. The van der Waals surface area contributed by atoms with Crippen molar-refractivity contribution in [3.05, 3.63) is 35.3 Å².